The topological polar surface area (TPSA) is 85.6 Å². The lowest BCUT2D eigenvalue weighted by Crippen LogP contribution is -2.13. The number of rotatable bonds is 5. The third-order valence-electron chi connectivity index (χ3n) is 3.51. The standard InChI is InChI=1S/C18H12F3NO5S/c19-18(20,21)12-3-1-4-15(11-12)28(24,25)27-14-8-6-13(7-9-14)22-17(23)16-5-2-10-26-16/h1-11H,(H,22,23). The number of hydrogen-bond acceptors (Lipinski definition) is 5. The van der Waals surface area contributed by atoms with Crippen molar-refractivity contribution in [2.75, 3.05) is 5.32 Å². The molecule has 3 rings (SSSR count). The largest absolute Gasteiger partial charge is 0.459 e. The van der Waals surface area contributed by atoms with Crippen molar-refractivity contribution in [1.29, 1.82) is 0 Å². The lowest BCUT2D eigenvalue weighted by Gasteiger charge is -2.11. The van der Waals surface area contributed by atoms with E-state index in [1.807, 2.05) is 0 Å². The zero-order valence-corrected chi connectivity index (χ0v) is 14.8. The van der Waals surface area contributed by atoms with Gasteiger partial charge in [-0.2, -0.15) is 21.6 Å². The Morgan fingerprint density at radius 2 is 1.71 bits per heavy atom. The summed E-state index contributed by atoms with van der Waals surface area (Å²) in [6.07, 6.45) is -3.34. The van der Waals surface area contributed by atoms with E-state index in [1.165, 1.54) is 36.6 Å². The van der Waals surface area contributed by atoms with E-state index in [0.717, 1.165) is 18.2 Å². The third-order valence-corrected chi connectivity index (χ3v) is 4.76. The van der Waals surface area contributed by atoms with Gasteiger partial charge in [0.2, 0.25) is 0 Å². The van der Waals surface area contributed by atoms with E-state index in [-0.39, 0.29) is 11.5 Å². The summed E-state index contributed by atoms with van der Waals surface area (Å²) in [6, 6.07) is 11.5. The highest BCUT2D eigenvalue weighted by Crippen LogP contribution is 2.31. The van der Waals surface area contributed by atoms with Crippen LogP contribution < -0.4 is 9.50 Å². The first-order valence-corrected chi connectivity index (χ1v) is 9.13. The first-order valence-electron chi connectivity index (χ1n) is 7.72. The molecule has 1 heterocycles. The van der Waals surface area contributed by atoms with Crippen LogP contribution in [0.5, 0.6) is 5.75 Å². The molecule has 0 unspecified atom stereocenters. The Kier molecular flexibility index (Phi) is 5.14. The van der Waals surface area contributed by atoms with Crippen molar-refractivity contribution in [3.8, 4) is 5.75 Å². The normalized spacial score (nSPS) is 11.8. The molecule has 6 nitrogen and oxygen atoms in total. The quantitative estimate of drug-likeness (QED) is 0.632. The van der Waals surface area contributed by atoms with E-state index >= 15 is 0 Å². The maximum absolute atomic E-state index is 12.8. The van der Waals surface area contributed by atoms with Gasteiger partial charge in [0, 0.05) is 5.69 Å². The zero-order valence-electron chi connectivity index (χ0n) is 13.9. The van der Waals surface area contributed by atoms with Crippen molar-refractivity contribution in [2.45, 2.75) is 11.1 Å². The number of furan rings is 1. The van der Waals surface area contributed by atoms with Crippen LogP contribution in [0.2, 0.25) is 0 Å². The average molecular weight is 411 g/mol. The van der Waals surface area contributed by atoms with Crippen LogP contribution in [0.4, 0.5) is 18.9 Å². The maximum atomic E-state index is 12.8. The molecular formula is C18H12F3NO5S. The van der Waals surface area contributed by atoms with Gasteiger partial charge in [0.1, 0.15) is 10.6 Å². The van der Waals surface area contributed by atoms with Gasteiger partial charge in [0.25, 0.3) is 5.91 Å². The van der Waals surface area contributed by atoms with Crippen molar-refractivity contribution >= 4 is 21.7 Å². The van der Waals surface area contributed by atoms with E-state index < -0.39 is 32.7 Å². The molecule has 1 N–H and O–H groups in total. The molecule has 3 aromatic rings. The van der Waals surface area contributed by atoms with Crippen LogP contribution >= 0.6 is 0 Å². The second kappa shape index (κ2) is 7.39. The molecule has 2 aromatic carbocycles. The Morgan fingerprint density at radius 1 is 1.00 bits per heavy atom. The Bertz CT molecular complexity index is 1080. The lowest BCUT2D eigenvalue weighted by atomic mass is 10.2. The minimum Gasteiger partial charge on any atom is -0.459 e. The summed E-state index contributed by atoms with van der Waals surface area (Å²) in [6.45, 7) is 0. The molecule has 0 radical (unpaired) electrons. The van der Waals surface area contributed by atoms with Crippen LogP contribution in [0.25, 0.3) is 0 Å². The fraction of sp³-hybridized carbons (Fsp3) is 0.0556. The lowest BCUT2D eigenvalue weighted by molar-refractivity contribution is -0.137. The molecule has 1 amide bonds. The van der Waals surface area contributed by atoms with Gasteiger partial charge in [0.15, 0.2) is 5.76 Å². The van der Waals surface area contributed by atoms with E-state index in [0.29, 0.717) is 11.8 Å². The van der Waals surface area contributed by atoms with Gasteiger partial charge < -0.3 is 13.9 Å². The van der Waals surface area contributed by atoms with Gasteiger partial charge in [-0.25, -0.2) is 0 Å². The van der Waals surface area contributed by atoms with Crippen molar-refractivity contribution in [1.82, 2.24) is 0 Å². The van der Waals surface area contributed by atoms with Crippen LogP contribution in [0, 0.1) is 0 Å². The maximum Gasteiger partial charge on any atom is 0.416 e. The van der Waals surface area contributed by atoms with Crippen LogP contribution in [0.15, 0.2) is 76.2 Å². The molecule has 0 aliphatic rings. The second-order valence-electron chi connectivity index (χ2n) is 5.52. The zero-order chi connectivity index (χ0) is 20.4. The highest BCUT2D eigenvalue weighted by atomic mass is 32.2. The number of nitrogens with one attached hydrogen (secondary N) is 1. The Labute approximate surface area is 157 Å². The predicted octanol–water partition coefficient (Wildman–Crippen LogP) is 4.32. The average Bonchev–Trinajstić information content (AvgIpc) is 3.17. The molecule has 0 fully saturated rings. The number of anilines is 1. The minimum absolute atomic E-state index is 0.0902. The van der Waals surface area contributed by atoms with E-state index in [9.17, 15) is 26.4 Å². The van der Waals surface area contributed by atoms with Crippen molar-refractivity contribution < 1.29 is 35.0 Å². The van der Waals surface area contributed by atoms with Gasteiger partial charge in [-0.05, 0) is 54.6 Å². The Balaban J connectivity index is 1.73. The Morgan fingerprint density at radius 3 is 2.32 bits per heavy atom. The smallest absolute Gasteiger partial charge is 0.416 e. The Hall–Kier alpha value is -3.27. The predicted molar refractivity (Wildman–Crippen MR) is 92.4 cm³/mol. The second-order valence-corrected chi connectivity index (χ2v) is 7.07. The molecule has 0 saturated heterocycles. The number of carbonyl (C=O) groups excluding carboxylic acids is 1. The number of halogens is 3. The van der Waals surface area contributed by atoms with Crippen LogP contribution in [-0.4, -0.2) is 14.3 Å². The highest BCUT2D eigenvalue weighted by molar-refractivity contribution is 7.87. The summed E-state index contributed by atoms with van der Waals surface area (Å²) in [5.74, 6) is -0.545. The van der Waals surface area contributed by atoms with Crippen molar-refractivity contribution in [3.63, 3.8) is 0 Å². The van der Waals surface area contributed by atoms with Crippen LogP contribution in [0.3, 0.4) is 0 Å². The molecule has 0 aliphatic heterocycles. The van der Waals surface area contributed by atoms with Gasteiger partial charge in [0.05, 0.1) is 11.8 Å². The first kappa shape index (κ1) is 19.5. The SMILES string of the molecule is O=C(Nc1ccc(OS(=O)(=O)c2cccc(C(F)(F)F)c2)cc1)c1ccco1. The van der Waals surface area contributed by atoms with E-state index in [4.69, 9.17) is 8.60 Å². The summed E-state index contributed by atoms with van der Waals surface area (Å²) < 4.78 is 72.5. The van der Waals surface area contributed by atoms with Gasteiger partial charge in [-0.3, -0.25) is 4.79 Å². The van der Waals surface area contributed by atoms with Crippen LogP contribution in [0.1, 0.15) is 16.1 Å². The first-order chi connectivity index (χ1) is 13.1. The summed E-state index contributed by atoms with van der Waals surface area (Å²) in [4.78, 5) is 11.2. The number of alkyl halides is 3. The number of hydrogen-bond donors (Lipinski definition) is 1. The monoisotopic (exact) mass is 411 g/mol. The molecular weight excluding hydrogens is 399 g/mol. The van der Waals surface area contributed by atoms with Gasteiger partial charge >= 0.3 is 16.3 Å². The molecule has 1 aromatic heterocycles. The van der Waals surface area contributed by atoms with Crippen LogP contribution in [-0.2, 0) is 16.3 Å². The molecule has 28 heavy (non-hydrogen) atoms. The summed E-state index contributed by atoms with van der Waals surface area (Å²) >= 11 is 0. The summed E-state index contributed by atoms with van der Waals surface area (Å²) in [7, 11) is -4.47. The van der Waals surface area contributed by atoms with Crippen molar-refractivity contribution in [2.24, 2.45) is 0 Å². The van der Waals surface area contributed by atoms with Crippen molar-refractivity contribution in [3.05, 3.63) is 78.3 Å². The van der Waals surface area contributed by atoms with Gasteiger partial charge in [-0.15, -0.1) is 0 Å². The molecule has 146 valence electrons. The molecule has 0 spiro atoms. The van der Waals surface area contributed by atoms with Gasteiger partial charge in [-0.1, -0.05) is 6.07 Å². The summed E-state index contributed by atoms with van der Waals surface area (Å²) in [5, 5.41) is 2.53. The molecule has 0 aliphatic carbocycles. The molecule has 10 heteroatoms. The summed E-state index contributed by atoms with van der Waals surface area (Å²) in [5.41, 5.74) is -0.765. The third kappa shape index (κ3) is 4.52. The number of carbonyl (C=O) groups is 1. The van der Waals surface area contributed by atoms with E-state index in [1.54, 1.807) is 6.07 Å². The molecule has 0 saturated carbocycles. The number of amides is 1. The molecule has 0 bridgehead atoms. The fourth-order valence-electron chi connectivity index (χ4n) is 2.20. The number of benzene rings is 2. The molecule has 0 atom stereocenters. The minimum atomic E-state index is -4.68. The highest BCUT2D eigenvalue weighted by Gasteiger charge is 2.32. The fourth-order valence-corrected chi connectivity index (χ4v) is 3.17. The van der Waals surface area contributed by atoms with E-state index in [2.05, 4.69) is 5.32 Å².